The van der Waals surface area contributed by atoms with E-state index in [0.717, 1.165) is 21.2 Å². The van der Waals surface area contributed by atoms with Crippen molar-refractivity contribution >= 4 is 40.6 Å². The lowest BCUT2D eigenvalue weighted by atomic mass is 10.1. The average Bonchev–Trinajstić information content (AvgIpc) is 3.75. The van der Waals surface area contributed by atoms with Gasteiger partial charge in [0.25, 0.3) is 5.91 Å². The average molecular weight is 587 g/mol. The molecule has 4 aromatic rings. The van der Waals surface area contributed by atoms with Crippen molar-refractivity contribution in [2.45, 2.75) is 34.6 Å². The standard InChI is InChI=1S/C29H26N6O6S/c36-25(15-33-27(37)17-5-6-24-22(11-17)41-21-3-1-2-4-23(21)42-24)35-16-29(39-9-10-40-29)13-20(35)28(38)32-14-18-12-19-26(34-18)31-8-7-30-19/h1-8,11-12,20H,9-10,13-16H2,(H,31,34)(H,32,38)(H,33,37)/t20-/m0/s1. The van der Waals surface area contributed by atoms with E-state index < -0.39 is 23.6 Å². The van der Waals surface area contributed by atoms with E-state index in [4.69, 9.17) is 14.2 Å². The Labute approximate surface area is 244 Å². The summed E-state index contributed by atoms with van der Waals surface area (Å²) in [5, 5.41) is 5.57. The number of likely N-dealkylation sites (tertiary alicyclic amines) is 1. The molecule has 2 aromatic heterocycles. The summed E-state index contributed by atoms with van der Waals surface area (Å²) in [5.74, 6) is -0.937. The summed E-state index contributed by atoms with van der Waals surface area (Å²) < 4.78 is 17.6. The van der Waals surface area contributed by atoms with Gasteiger partial charge in [0.05, 0.1) is 42.6 Å². The molecule has 3 N–H and O–H groups in total. The molecule has 2 fully saturated rings. The van der Waals surface area contributed by atoms with Gasteiger partial charge in [-0.05, 0) is 36.4 Å². The van der Waals surface area contributed by atoms with Crippen LogP contribution in [0.2, 0.25) is 0 Å². The second-order valence-corrected chi connectivity index (χ2v) is 11.2. The van der Waals surface area contributed by atoms with E-state index in [2.05, 4.69) is 25.6 Å². The van der Waals surface area contributed by atoms with Crippen LogP contribution in [0.1, 0.15) is 22.5 Å². The van der Waals surface area contributed by atoms with Crippen molar-refractivity contribution in [3.8, 4) is 11.5 Å². The first kappa shape index (κ1) is 26.4. The Morgan fingerprint density at radius 2 is 1.81 bits per heavy atom. The topological polar surface area (TPSA) is 148 Å². The molecule has 0 radical (unpaired) electrons. The lowest BCUT2D eigenvalue weighted by Gasteiger charge is -2.24. The van der Waals surface area contributed by atoms with Crippen LogP contribution < -0.4 is 15.4 Å². The van der Waals surface area contributed by atoms with Crippen LogP contribution in [0.4, 0.5) is 0 Å². The number of carbonyl (C=O) groups is 3. The van der Waals surface area contributed by atoms with Crippen molar-refractivity contribution in [3.05, 3.63) is 72.2 Å². The van der Waals surface area contributed by atoms with E-state index in [1.54, 1.807) is 36.3 Å². The number of fused-ring (bicyclic) bond motifs is 3. The molecular formula is C29H26N6O6S. The SMILES string of the molecule is O=C(NCC(=O)N1CC2(C[C@H]1C(=O)NCc1cc3nccnc3[nH]1)OCCO2)c1ccc2c(c1)Oc1ccccc1S2. The number of nitrogens with zero attached hydrogens (tertiary/aromatic N) is 3. The predicted octanol–water partition coefficient (Wildman–Crippen LogP) is 2.61. The van der Waals surface area contributed by atoms with Crippen LogP contribution in [0.3, 0.4) is 0 Å². The van der Waals surface area contributed by atoms with Crippen LogP contribution in [0.15, 0.2) is 70.7 Å². The number of aromatic amines is 1. The molecule has 3 amide bonds. The molecule has 42 heavy (non-hydrogen) atoms. The fourth-order valence-electron chi connectivity index (χ4n) is 5.37. The van der Waals surface area contributed by atoms with E-state index in [-0.39, 0.29) is 32.0 Å². The number of ether oxygens (including phenoxy) is 3. The van der Waals surface area contributed by atoms with Crippen molar-refractivity contribution in [1.29, 1.82) is 0 Å². The van der Waals surface area contributed by atoms with Crippen molar-refractivity contribution in [1.82, 2.24) is 30.5 Å². The summed E-state index contributed by atoms with van der Waals surface area (Å²) in [6.45, 7) is 0.748. The highest BCUT2D eigenvalue weighted by Crippen LogP contribution is 2.47. The summed E-state index contributed by atoms with van der Waals surface area (Å²) >= 11 is 1.57. The minimum absolute atomic E-state index is 0.0866. The first-order chi connectivity index (χ1) is 20.5. The molecule has 7 rings (SSSR count). The summed E-state index contributed by atoms with van der Waals surface area (Å²) in [6.07, 6.45) is 3.37. The van der Waals surface area contributed by atoms with Crippen LogP contribution >= 0.6 is 11.8 Å². The van der Waals surface area contributed by atoms with Crippen molar-refractivity contribution in [2.75, 3.05) is 26.3 Å². The number of hydrogen-bond donors (Lipinski definition) is 3. The number of rotatable bonds is 6. The molecule has 2 aromatic carbocycles. The van der Waals surface area contributed by atoms with E-state index >= 15 is 0 Å². The molecule has 0 saturated carbocycles. The molecule has 214 valence electrons. The largest absolute Gasteiger partial charge is 0.455 e. The van der Waals surface area contributed by atoms with Crippen molar-refractivity contribution < 1.29 is 28.6 Å². The first-order valence-corrected chi connectivity index (χ1v) is 14.3. The second kappa shape index (κ2) is 10.7. The Balaban J connectivity index is 1.01. The van der Waals surface area contributed by atoms with Crippen LogP contribution in [-0.2, 0) is 25.6 Å². The molecule has 0 bridgehead atoms. The van der Waals surface area contributed by atoms with E-state index in [0.29, 0.717) is 35.7 Å². The summed E-state index contributed by atoms with van der Waals surface area (Å²) in [4.78, 5) is 54.6. The third-order valence-corrected chi connectivity index (χ3v) is 8.51. The molecular weight excluding hydrogens is 560 g/mol. The van der Waals surface area contributed by atoms with Gasteiger partial charge in [0.2, 0.25) is 11.8 Å². The van der Waals surface area contributed by atoms with Crippen LogP contribution in [0.5, 0.6) is 11.5 Å². The number of H-pyrrole nitrogens is 1. The zero-order valence-electron chi connectivity index (χ0n) is 22.3. The maximum atomic E-state index is 13.4. The third-order valence-electron chi connectivity index (χ3n) is 7.39. The van der Waals surface area contributed by atoms with E-state index in [1.807, 2.05) is 36.4 Å². The Morgan fingerprint density at radius 3 is 2.67 bits per heavy atom. The fraction of sp³-hybridized carbons (Fsp3) is 0.276. The zero-order chi connectivity index (χ0) is 28.7. The molecule has 5 heterocycles. The predicted molar refractivity (Wildman–Crippen MR) is 150 cm³/mol. The highest BCUT2D eigenvalue weighted by Gasteiger charge is 2.52. The molecule has 3 aliphatic heterocycles. The number of hydrogen-bond acceptors (Lipinski definition) is 9. The second-order valence-electron chi connectivity index (χ2n) is 10.1. The maximum absolute atomic E-state index is 13.4. The van der Waals surface area contributed by atoms with Gasteiger partial charge >= 0.3 is 0 Å². The highest BCUT2D eigenvalue weighted by atomic mass is 32.2. The lowest BCUT2D eigenvalue weighted by molar-refractivity contribution is -0.152. The van der Waals surface area contributed by atoms with Crippen LogP contribution in [0.25, 0.3) is 11.2 Å². The summed E-state index contributed by atoms with van der Waals surface area (Å²) in [6, 6.07) is 13.8. The maximum Gasteiger partial charge on any atom is 0.251 e. The van der Waals surface area contributed by atoms with Gasteiger partial charge in [0.15, 0.2) is 11.4 Å². The Hall–Kier alpha value is -4.46. The van der Waals surface area contributed by atoms with Gasteiger partial charge in [-0.1, -0.05) is 23.9 Å². The number of nitrogens with one attached hydrogen (secondary N) is 3. The Morgan fingerprint density at radius 1 is 1.00 bits per heavy atom. The Kier molecular flexibility index (Phi) is 6.76. The fourth-order valence-corrected chi connectivity index (χ4v) is 6.30. The third kappa shape index (κ3) is 5.06. The van der Waals surface area contributed by atoms with Crippen molar-refractivity contribution in [3.63, 3.8) is 0 Å². The number of aromatic nitrogens is 3. The van der Waals surface area contributed by atoms with Gasteiger partial charge in [-0.2, -0.15) is 0 Å². The zero-order valence-corrected chi connectivity index (χ0v) is 23.1. The number of para-hydroxylation sites is 1. The molecule has 2 saturated heterocycles. The normalized spacial score (nSPS) is 18.4. The molecule has 1 atom stereocenters. The van der Waals surface area contributed by atoms with Crippen molar-refractivity contribution in [2.24, 2.45) is 0 Å². The van der Waals surface area contributed by atoms with Crippen LogP contribution in [0, 0.1) is 0 Å². The van der Waals surface area contributed by atoms with Crippen LogP contribution in [-0.4, -0.2) is 75.7 Å². The molecule has 13 heteroatoms. The molecule has 3 aliphatic rings. The summed E-state index contributed by atoms with van der Waals surface area (Å²) in [5.41, 5.74) is 2.40. The molecule has 12 nitrogen and oxygen atoms in total. The quantitative estimate of drug-likeness (QED) is 0.273. The van der Waals surface area contributed by atoms with Gasteiger partial charge in [-0.3, -0.25) is 19.4 Å². The molecule has 1 spiro atoms. The number of amides is 3. The van der Waals surface area contributed by atoms with Gasteiger partial charge in [0.1, 0.15) is 23.1 Å². The molecule has 0 unspecified atom stereocenters. The monoisotopic (exact) mass is 586 g/mol. The highest BCUT2D eigenvalue weighted by molar-refractivity contribution is 7.99. The van der Waals surface area contributed by atoms with E-state index in [9.17, 15) is 14.4 Å². The van der Waals surface area contributed by atoms with Gasteiger partial charge in [0, 0.05) is 30.1 Å². The van der Waals surface area contributed by atoms with Gasteiger partial charge < -0.3 is 34.7 Å². The minimum atomic E-state index is -1.04. The van der Waals surface area contributed by atoms with E-state index in [1.165, 1.54) is 4.90 Å². The first-order valence-electron chi connectivity index (χ1n) is 13.5. The minimum Gasteiger partial charge on any atom is -0.455 e. The Bertz CT molecular complexity index is 1670. The van der Waals surface area contributed by atoms with Gasteiger partial charge in [-0.25, -0.2) is 4.98 Å². The number of benzene rings is 2. The summed E-state index contributed by atoms with van der Waals surface area (Å²) in [7, 11) is 0. The molecule has 0 aliphatic carbocycles. The number of carbonyl (C=O) groups excluding carboxylic acids is 3. The smallest absolute Gasteiger partial charge is 0.251 e. The van der Waals surface area contributed by atoms with Gasteiger partial charge in [-0.15, -0.1) is 0 Å². The lowest BCUT2D eigenvalue weighted by Crippen LogP contribution is -2.49.